The number of phosphoric acid groups is 1. The van der Waals surface area contributed by atoms with Crippen molar-refractivity contribution in [3.8, 4) is 11.5 Å². The summed E-state index contributed by atoms with van der Waals surface area (Å²) in [6, 6.07) is 12.6. The second kappa shape index (κ2) is 10.5. The van der Waals surface area contributed by atoms with Crippen LogP contribution in [0.2, 0.25) is 0 Å². The van der Waals surface area contributed by atoms with E-state index in [0.29, 0.717) is 11.6 Å². The van der Waals surface area contributed by atoms with Gasteiger partial charge in [-0.25, -0.2) is 4.57 Å². The molecule has 0 aliphatic carbocycles. The summed E-state index contributed by atoms with van der Waals surface area (Å²) < 4.78 is 60.3. The van der Waals surface area contributed by atoms with Crippen molar-refractivity contribution in [2.24, 2.45) is 0 Å². The van der Waals surface area contributed by atoms with Gasteiger partial charge in [0, 0.05) is 11.1 Å². The van der Waals surface area contributed by atoms with Gasteiger partial charge in [-0.2, -0.15) is 13.2 Å². The minimum absolute atomic E-state index is 0. The van der Waals surface area contributed by atoms with Crippen molar-refractivity contribution in [2.45, 2.75) is 26.9 Å². The van der Waals surface area contributed by atoms with E-state index in [0.717, 1.165) is 34.9 Å². The van der Waals surface area contributed by atoms with Crippen LogP contribution in [0, 0.1) is 20.8 Å². The summed E-state index contributed by atoms with van der Waals surface area (Å²) in [5, 5.41) is 0. The van der Waals surface area contributed by atoms with Gasteiger partial charge in [-0.05, 0) is 62.2 Å². The number of alkyl halides is 3. The van der Waals surface area contributed by atoms with Crippen molar-refractivity contribution in [3.63, 3.8) is 0 Å². The van der Waals surface area contributed by atoms with E-state index in [4.69, 9.17) is 4.52 Å². The maximum absolute atomic E-state index is 13.0. The molecule has 0 saturated carbocycles. The first-order valence-electron chi connectivity index (χ1n) is 9.46. The zero-order chi connectivity index (χ0) is 23.7. The number of carbonyl (C=O) groups is 1. The molecule has 0 radical (unpaired) electrons. The Labute approximate surface area is 211 Å². The monoisotopic (exact) mass is 486 g/mol. The fourth-order valence-electron chi connectivity index (χ4n) is 3.38. The van der Waals surface area contributed by atoms with Crippen LogP contribution in [0.25, 0.3) is 0 Å². The van der Waals surface area contributed by atoms with Crippen LogP contribution >= 0.6 is 7.82 Å². The summed E-state index contributed by atoms with van der Waals surface area (Å²) in [7, 11) is -5.08. The van der Waals surface area contributed by atoms with Crippen molar-refractivity contribution in [1.29, 1.82) is 0 Å². The Morgan fingerprint density at radius 2 is 1.39 bits per heavy atom. The minimum Gasteiger partial charge on any atom is -0.736 e. The number of benzene rings is 3. The average molecular weight is 486 g/mol. The number of hydrogen-bond donors (Lipinski definition) is 0. The number of aryl methyl sites for hydroxylation is 3. The zero-order valence-electron chi connectivity index (χ0n) is 18.4. The Balaban J connectivity index is 0.00000385. The van der Waals surface area contributed by atoms with Gasteiger partial charge in [-0.3, -0.25) is 4.79 Å². The Bertz CT molecular complexity index is 1200. The molecule has 3 aromatic carbocycles. The standard InChI is InChI=1S/C23H20F3O5P.Na/c1-14-10-15(2)21(16(3)11-14)22(27)17-6-4-8-19(12-17)30-32(28,29)31-20-9-5-7-18(13-20)23(24,25)26;/h4-13H,1-3H3,(H,28,29);/q;+1/p-1. The van der Waals surface area contributed by atoms with E-state index in [2.05, 4.69) is 4.52 Å². The van der Waals surface area contributed by atoms with Gasteiger partial charge in [-0.1, -0.05) is 35.9 Å². The molecule has 5 nitrogen and oxygen atoms in total. The SMILES string of the molecule is Cc1cc(C)c(C(=O)c2cccc(OP(=O)([O-])Oc3cccc(C(F)(F)F)c3)c2)c(C)c1.[Na+]. The summed E-state index contributed by atoms with van der Waals surface area (Å²) in [5.41, 5.74) is 2.19. The van der Waals surface area contributed by atoms with Gasteiger partial charge in [0.05, 0.1) is 5.56 Å². The fourth-order valence-corrected chi connectivity index (χ4v) is 4.16. The topological polar surface area (TPSA) is 75.7 Å². The molecule has 0 spiro atoms. The van der Waals surface area contributed by atoms with E-state index >= 15 is 0 Å². The number of hydrogen-bond acceptors (Lipinski definition) is 5. The van der Waals surface area contributed by atoms with Crippen molar-refractivity contribution < 1.29 is 66.0 Å². The molecule has 10 heteroatoms. The first-order valence-corrected chi connectivity index (χ1v) is 10.9. The van der Waals surface area contributed by atoms with Crippen LogP contribution < -0.4 is 43.5 Å². The predicted octanol–water partition coefficient (Wildman–Crippen LogP) is 2.79. The fraction of sp³-hybridized carbons (Fsp3) is 0.174. The third-order valence-electron chi connectivity index (χ3n) is 4.60. The molecular weight excluding hydrogens is 467 g/mol. The van der Waals surface area contributed by atoms with Gasteiger partial charge >= 0.3 is 43.6 Å². The van der Waals surface area contributed by atoms with Crippen molar-refractivity contribution in [2.75, 3.05) is 0 Å². The molecule has 0 heterocycles. The third-order valence-corrected chi connectivity index (χ3v) is 5.46. The molecule has 1 atom stereocenters. The summed E-state index contributed by atoms with van der Waals surface area (Å²) >= 11 is 0. The molecule has 3 aromatic rings. The second-order valence-electron chi connectivity index (χ2n) is 7.29. The molecule has 1 unspecified atom stereocenters. The molecule has 0 amide bonds. The quantitative estimate of drug-likeness (QED) is 0.304. The molecule has 0 aliphatic heterocycles. The average Bonchev–Trinajstić information content (AvgIpc) is 2.66. The van der Waals surface area contributed by atoms with Crippen molar-refractivity contribution >= 4 is 13.6 Å². The summed E-state index contributed by atoms with van der Waals surface area (Å²) in [6.07, 6.45) is -4.66. The largest absolute Gasteiger partial charge is 1.00 e. The van der Waals surface area contributed by atoms with E-state index in [1.165, 1.54) is 24.3 Å². The van der Waals surface area contributed by atoms with E-state index in [-0.39, 0.29) is 46.7 Å². The van der Waals surface area contributed by atoms with Gasteiger partial charge in [-0.15, -0.1) is 0 Å². The molecule has 0 N–H and O–H groups in total. The number of rotatable bonds is 6. The number of halogens is 3. The third kappa shape index (κ3) is 6.95. The normalized spacial score (nSPS) is 12.9. The molecule has 33 heavy (non-hydrogen) atoms. The van der Waals surface area contributed by atoms with Crippen LogP contribution in [0.15, 0.2) is 60.7 Å². The smallest absolute Gasteiger partial charge is 0.736 e. The number of ketones is 1. The molecule has 0 aromatic heterocycles. The Morgan fingerprint density at radius 1 is 0.879 bits per heavy atom. The zero-order valence-corrected chi connectivity index (χ0v) is 21.3. The minimum atomic E-state index is -5.08. The first-order chi connectivity index (χ1) is 14.9. The molecule has 0 fully saturated rings. The first kappa shape index (κ1) is 27.2. The van der Waals surface area contributed by atoms with Crippen molar-refractivity contribution in [1.82, 2.24) is 0 Å². The molecule has 168 valence electrons. The number of phosphoric ester groups is 1. The Kier molecular flexibility index (Phi) is 8.60. The summed E-state index contributed by atoms with van der Waals surface area (Å²) in [6.45, 7) is 5.53. The van der Waals surface area contributed by atoms with Crippen LogP contribution in [-0.2, 0) is 10.7 Å². The van der Waals surface area contributed by atoms with E-state index in [9.17, 15) is 27.4 Å². The summed E-state index contributed by atoms with van der Waals surface area (Å²) in [4.78, 5) is 25.2. The van der Waals surface area contributed by atoms with Gasteiger partial charge in [0.1, 0.15) is 11.5 Å². The van der Waals surface area contributed by atoms with E-state index in [1.807, 2.05) is 32.9 Å². The molecule has 0 aliphatic rings. The Hall–Kier alpha value is -2.09. The maximum atomic E-state index is 13.0. The molecule has 0 saturated heterocycles. The molecular formula is C23H19F3NaO5P. The van der Waals surface area contributed by atoms with Gasteiger partial charge in [0.2, 0.25) is 0 Å². The maximum Gasteiger partial charge on any atom is 1.00 e. The van der Waals surface area contributed by atoms with Crippen LogP contribution in [0.5, 0.6) is 11.5 Å². The molecule has 0 bridgehead atoms. The van der Waals surface area contributed by atoms with Crippen LogP contribution in [0.4, 0.5) is 13.2 Å². The second-order valence-corrected chi connectivity index (χ2v) is 8.55. The van der Waals surface area contributed by atoms with E-state index < -0.39 is 25.3 Å². The molecule has 3 rings (SSSR count). The van der Waals surface area contributed by atoms with Crippen LogP contribution in [-0.4, -0.2) is 5.78 Å². The van der Waals surface area contributed by atoms with Gasteiger partial charge in [0.25, 0.3) is 0 Å². The predicted molar refractivity (Wildman–Crippen MR) is 111 cm³/mol. The van der Waals surface area contributed by atoms with Gasteiger partial charge in [0.15, 0.2) is 5.78 Å². The van der Waals surface area contributed by atoms with Crippen LogP contribution in [0.1, 0.15) is 38.2 Å². The number of carbonyl (C=O) groups excluding carboxylic acids is 1. The van der Waals surface area contributed by atoms with Crippen molar-refractivity contribution in [3.05, 3.63) is 94.0 Å². The van der Waals surface area contributed by atoms with Gasteiger partial charge < -0.3 is 13.9 Å². The van der Waals surface area contributed by atoms with E-state index in [1.54, 1.807) is 0 Å². The Morgan fingerprint density at radius 3 is 1.94 bits per heavy atom. The summed E-state index contributed by atoms with van der Waals surface area (Å²) in [5.74, 6) is -1.06. The van der Waals surface area contributed by atoms with Crippen LogP contribution in [0.3, 0.4) is 0 Å².